The molecule has 1 spiro atoms. The number of carboxylic acid groups (broad SMARTS) is 1. The number of likely N-dealkylation sites (tertiary alicyclic amines) is 1. The molecule has 7 nitrogen and oxygen atoms in total. The fourth-order valence-electron chi connectivity index (χ4n) is 6.71. The standard InChI is InChI=1S/C21H28N2O5/c1-23-10-8-20-17-12-3-4-14(24)18(17)28-19(20)13(22-9-6-16(25)26)5-7-21(20,27-2)15(23)11-12/h3-4,13,15,19,22,24H,5-11H2,1-2H3,(H,25,26)/t13-,15?,19+,20+,21-/m1/s1. The normalized spacial score (nSPS) is 38.0. The van der Waals surface area contributed by atoms with E-state index in [0.29, 0.717) is 12.3 Å². The number of carboxylic acids is 1. The Morgan fingerprint density at radius 3 is 3.00 bits per heavy atom. The lowest BCUT2D eigenvalue weighted by atomic mass is 9.48. The van der Waals surface area contributed by atoms with Gasteiger partial charge in [0.2, 0.25) is 0 Å². The second-order valence-corrected chi connectivity index (χ2v) is 8.74. The van der Waals surface area contributed by atoms with Gasteiger partial charge in [-0.1, -0.05) is 6.07 Å². The Balaban J connectivity index is 1.64. The van der Waals surface area contributed by atoms with Crippen molar-refractivity contribution in [3.05, 3.63) is 23.3 Å². The summed E-state index contributed by atoms with van der Waals surface area (Å²) in [5.74, 6) is -0.00616. The first-order valence-electron chi connectivity index (χ1n) is 10.2. The average Bonchev–Trinajstić information content (AvgIpc) is 3.03. The van der Waals surface area contributed by atoms with Crippen LogP contribution >= 0.6 is 0 Å². The summed E-state index contributed by atoms with van der Waals surface area (Å²) in [6.45, 7) is 1.36. The smallest absolute Gasteiger partial charge is 0.304 e. The second-order valence-electron chi connectivity index (χ2n) is 8.74. The molecule has 1 aromatic rings. The van der Waals surface area contributed by atoms with Gasteiger partial charge in [0, 0.05) is 31.3 Å². The highest BCUT2D eigenvalue weighted by Crippen LogP contribution is 2.66. The van der Waals surface area contributed by atoms with Crippen LogP contribution in [0, 0.1) is 0 Å². The van der Waals surface area contributed by atoms with Crippen LogP contribution in [0.2, 0.25) is 0 Å². The fourth-order valence-corrected chi connectivity index (χ4v) is 6.71. The van der Waals surface area contributed by atoms with Crippen molar-refractivity contribution in [2.45, 2.75) is 61.3 Å². The van der Waals surface area contributed by atoms with Gasteiger partial charge in [-0.3, -0.25) is 4.79 Å². The molecule has 5 atom stereocenters. The Morgan fingerprint density at radius 1 is 1.43 bits per heavy atom. The van der Waals surface area contributed by atoms with Gasteiger partial charge >= 0.3 is 5.97 Å². The third-order valence-electron chi connectivity index (χ3n) is 7.80. The Bertz CT molecular complexity index is 829. The summed E-state index contributed by atoms with van der Waals surface area (Å²) in [6, 6.07) is 4.07. The Morgan fingerprint density at radius 2 is 2.25 bits per heavy atom. The van der Waals surface area contributed by atoms with Crippen molar-refractivity contribution in [3.63, 3.8) is 0 Å². The number of methoxy groups -OCH3 is 1. The van der Waals surface area contributed by atoms with Crippen molar-refractivity contribution in [2.24, 2.45) is 0 Å². The molecule has 0 radical (unpaired) electrons. The van der Waals surface area contributed by atoms with Crippen molar-refractivity contribution in [1.82, 2.24) is 10.2 Å². The average molecular weight is 388 g/mol. The minimum absolute atomic E-state index is 0.0319. The van der Waals surface area contributed by atoms with Gasteiger partial charge in [-0.05, 0) is 50.9 Å². The van der Waals surface area contributed by atoms with Gasteiger partial charge in [-0.2, -0.15) is 0 Å². The molecule has 152 valence electrons. The number of nitrogens with one attached hydrogen (secondary N) is 1. The van der Waals surface area contributed by atoms with E-state index in [0.717, 1.165) is 37.8 Å². The van der Waals surface area contributed by atoms with Crippen LogP contribution < -0.4 is 10.1 Å². The molecule has 2 aliphatic carbocycles. The van der Waals surface area contributed by atoms with Crippen molar-refractivity contribution in [1.29, 1.82) is 0 Å². The molecule has 0 aromatic heterocycles. The molecule has 1 saturated carbocycles. The third-order valence-corrected chi connectivity index (χ3v) is 7.80. The van der Waals surface area contributed by atoms with E-state index < -0.39 is 5.97 Å². The molecule has 3 N–H and O–H groups in total. The second kappa shape index (κ2) is 6.08. The van der Waals surface area contributed by atoms with Crippen molar-refractivity contribution in [3.8, 4) is 11.5 Å². The minimum Gasteiger partial charge on any atom is -0.504 e. The summed E-state index contributed by atoms with van der Waals surface area (Å²) in [6.07, 6.45) is 3.45. The van der Waals surface area contributed by atoms with Gasteiger partial charge in [0.15, 0.2) is 11.5 Å². The third kappa shape index (κ3) is 2.07. The number of phenolic OH excluding ortho intramolecular Hbond substituents is 1. The highest BCUT2D eigenvalue weighted by Gasteiger charge is 2.73. The summed E-state index contributed by atoms with van der Waals surface area (Å²) < 4.78 is 12.9. The topological polar surface area (TPSA) is 91.3 Å². The van der Waals surface area contributed by atoms with E-state index in [1.807, 2.05) is 13.2 Å². The van der Waals surface area contributed by atoms with E-state index in [2.05, 4.69) is 17.3 Å². The van der Waals surface area contributed by atoms with E-state index in [9.17, 15) is 9.90 Å². The number of aliphatic carboxylic acids is 1. The van der Waals surface area contributed by atoms with Crippen molar-refractivity contribution in [2.75, 3.05) is 27.2 Å². The van der Waals surface area contributed by atoms with Gasteiger partial charge in [0.1, 0.15) is 6.10 Å². The number of nitrogens with zero attached hydrogens (tertiary/aromatic N) is 1. The molecule has 1 aromatic carbocycles. The monoisotopic (exact) mass is 388 g/mol. The maximum Gasteiger partial charge on any atom is 0.304 e. The Kier molecular flexibility index (Phi) is 3.96. The molecule has 2 fully saturated rings. The number of carbonyl (C=O) groups is 1. The molecular formula is C21H28N2O5. The van der Waals surface area contributed by atoms with Gasteiger partial charge in [0.25, 0.3) is 0 Å². The number of hydrogen-bond acceptors (Lipinski definition) is 6. The lowest BCUT2D eigenvalue weighted by Gasteiger charge is -2.65. The number of piperidine rings is 1. The van der Waals surface area contributed by atoms with Gasteiger partial charge in [0.05, 0.1) is 17.4 Å². The number of likely N-dealkylation sites (N-methyl/N-ethyl adjacent to an activating group) is 1. The number of aromatic hydroxyl groups is 1. The molecule has 28 heavy (non-hydrogen) atoms. The fraction of sp³-hybridized carbons (Fsp3) is 0.667. The highest BCUT2D eigenvalue weighted by molar-refractivity contribution is 5.67. The first-order chi connectivity index (χ1) is 13.4. The number of rotatable bonds is 5. The molecule has 7 heteroatoms. The van der Waals surface area contributed by atoms with Crippen LogP contribution in [0.25, 0.3) is 0 Å². The minimum atomic E-state index is -0.805. The molecule has 1 saturated heterocycles. The lowest BCUT2D eigenvalue weighted by Crippen LogP contribution is -2.78. The van der Waals surface area contributed by atoms with E-state index in [1.165, 1.54) is 5.56 Å². The van der Waals surface area contributed by atoms with Crippen LogP contribution in [-0.4, -0.2) is 72.1 Å². The molecule has 2 heterocycles. The van der Waals surface area contributed by atoms with E-state index in [1.54, 1.807) is 6.07 Å². The lowest BCUT2D eigenvalue weighted by molar-refractivity contribution is -0.203. The Hall–Kier alpha value is -1.83. The van der Waals surface area contributed by atoms with Gasteiger partial charge in [-0.15, -0.1) is 0 Å². The molecular weight excluding hydrogens is 360 g/mol. The summed E-state index contributed by atoms with van der Waals surface area (Å²) >= 11 is 0. The summed E-state index contributed by atoms with van der Waals surface area (Å²) in [4.78, 5) is 13.4. The Labute approximate surface area is 164 Å². The maximum atomic E-state index is 11.0. The van der Waals surface area contributed by atoms with Crippen molar-refractivity contribution >= 4 is 5.97 Å². The van der Waals surface area contributed by atoms with E-state index in [-0.39, 0.29) is 41.4 Å². The van der Waals surface area contributed by atoms with Crippen LogP contribution in [0.1, 0.15) is 36.8 Å². The highest BCUT2D eigenvalue weighted by atomic mass is 16.5. The first kappa shape index (κ1) is 18.2. The summed E-state index contributed by atoms with van der Waals surface area (Å²) in [7, 11) is 3.99. The molecule has 4 aliphatic rings. The molecule has 2 aliphatic heterocycles. The maximum absolute atomic E-state index is 11.0. The van der Waals surface area contributed by atoms with Gasteiger partial charge < -0.3 is 29.9 Å². The van der Waals surface area contributed by atoms with Crippen LogP contribution in [0.15, 0.2) is 12.1 Å². The van der Waals surface area contributed by atoms with Gasteiger partial charge in [-0.25, -0.2) is 0 Å². The largest absolute Gasteiger partial charge is 0.504 e. The molecule has 1 unspecified atom stereocenters. The van der Waals surface area contributed by atoms with Crippen molar-refractivity contribution < 1.29 is 24.5 Å². The van der Waals surface area contributed by atoms with E-state index in [4.69, 9.17) is 14.6 Å². The first-order valence-corrected chi connectivity index (χ1v) is 10.2. The summed E-state index contributed by atoms with van der Waals surface area (Å²) in [5, 5.41) is 23.0. The predicted octanol–water partition coefficient (Wildman–Crippen LogP) is 1.26. The number of benzene rings is 1. The van der Waals surface area contributed by atoms with Crippen LogP contribution in [-0.2, 0) is 21.4 Å². The molecule has 0 amide bonds. The number of hydrogen-bond donors (Lipinski definition) is 3. The molecule has 5 rings (SSSR count). The zero-order chi connectivity index (χ0) is 19.7. The van der Waals surface area contributed by atoms with E-state index >= 15 is 0 Å². The number of phenols is 1. The zero-order valence-electron chi connectivity index (χ0n) is 16.4. The predicted molar refractivity (Wildman–Crippen MR) is 102 cm³/mol. The summed E-state index contributed by atoms with van der Waals surface area (Å²) in [5.41, 5.74) is 1.70. The van der Waals surface area contributed by atoms with Crippen LogP contribution in [0.4, 0.5) is 0 Å². The SMILES string of the molecule is CO[C@@]12CC[C@@H](NCCC(=O)O)[C@@H]3Oc4c(O)ccc5c4[C@@]31CCN(C)C2C5. The van der Waals surface area contributed by atoms with Crippen LogP contribution in [0.3, 0.4) is 0 Å². The quantitative estimate of drug-likeness (QED) is 0.700. The zero-order valence-corrected chi connectivity index (χ0v) is 16.4. The number of ether oxygens (including phenoxy) is 2. The van der Waals surface area contributed by atoms with Crippen LogP contribution in [0.5, 0.6) is 11.5 Å². The molecule has 2 bridgehead atoms.